The van der Waals surface area contributed by atoms with E-state index in [0.29, 0.717) is 0 Å². The summed E-state index contributed by atoms with van der Waals surface area (Å²) in [5.41, 5.74) is 0. The van der Waals surface area contributed by atoms with Gasteiger partial charge in [-0.2, -0.15) is 0 Å². The first-order chi connectivity index (χ1) is 3.84. The van der Waals surface area contributed by atoms with E-state index in [4.69, 9.17) is 6.58 Å². The number of aryl methyl sites for hydroxylation is 1. The third kappa shape index (κ3) is 2.89. The second-order valence-corrected chi connectivity index (χ2v) is 1.37. The molecule has 0 bridgehead atoms. The van der Waals surface area contributed by atoms with Gasteiger partial charge in [0.15, 0.2) is 0 Å². The standard InChI is InChI=1S/C5H5N3.2W/c1-3-8-4-6-7-5(8)2;;/h1,3H,2H3;;/q-2;;+2. The van der Waals surface area contributed by atoms with Crippen molar-refractivity contribution in [2.45, 2.75) is 6.92 Å². The fourth-order valence-electron chi connectivity index (χ4n) is 0.405. The zero-order valence-electron chi connectivity index (χ0n) is 5.31. The average Bonchev–Trinajstić information content (AvgIpc) is 2.14. The van der Waals surface area contributed by atoms with E-state index in [9.17, 15) is 0 Å². The molecule has 0 spiro atoms. The van der Waals surface area contributed by atoms with Crippen molar-refractivity contribution < 1.29 is 42.1 Å². The molecule has 0 aliphatic carbocycles. The maximum atomic E-state index is 5.12. The summed E-state index contributed by atoms with van der Waals surface area (Å²) in [7, 11) is 0. The number of aromatic nitrogens is 3. The number of rotatable bonds is 1. The smallest absolute Gasteiger partial charge is 0.568 e. The van der Waals surface area contributed by atoms with E-state index in [-0.39, 0.29) is 42.1 Å². The Bertz CT molecular complexity index is 197. The Balaban J connectivity index is 0. The van der Waals surface area contributed by atoms with E-state index < -0.39 is 0 Å². The molecule has 1 aromatic rings. The molecule has 0 amide bonds. The molecule has 0 unspecified atom stereocenters. The fourth-order valence-corrected chi connectivity index (χ4v) is 0.405. The number of hydrogen-bond donors (Lipinski definition) is 0. The van der Waals surface area contributed by atoms with Crippen molar-refractivity contribution in [2.24, 2.45) is 0 Å². The first-order valence-electron chi connectivity index (χ1n) is 2.19. The van der Waals surface area contributed by atoms with Crippen molar-refractivity contribution in [3.05, 3.63) is 18.7 Å². The monoisotopic (exact) mass is 475 g/mol. The topological polar surface area (TPSA) is 30.7 Å². The summed E-state index contributed by atoms with van der Waals surface area (Å²) < 4.78 is 1.51. The Morgan fingerprint density at radius 3 is 2.50 bits per heavy atom. The van der Waals surface area contributed by atoms with Crippen LogP contribution in [0.4, 0.5) is 0 Å². The summed E-state index contributed by atoms with van der Waals surface area (Å²) in [5.74, 6) is 0.743. The molecule has 0 aliphatic rings. The van der Waals surface area contributed by atoms with Crippen LogP contribution in [0.5, 0.6) is 0 Å². The molecular formula is C5H5N3W2. The van der Waals surface area contributed by atoms with E-state index in [1.165, 1.54) is 10.8 Å². The fraction of sp³-hybridized carbons (Fsp3) is 0.200. The predicted octanol–water partition coefficient (Wildman–Crippen LogP) is 0.285. The summed E-state index contributed by atoms with van der Waals surface area (Å²) in [4.78, 5) is 0. The van der Waals surface area contributed by atoms with Gasteiger partial charge in [0.2, 0.25) is 0 Å². The predicted molar refractivity (Wildman–Crippen MR) is 28.7 cm³/mol. The van der Waals surface area contributed by atoms with E-state index in [1.54, 1.807) is 6.92 Å². The molecule has 1 rings (SSSR count). The summed E-state index contributed by atoms with van der Waals surface area (Å²) in [5, 5.41) is 7.10. The minimum Gasteiger partial charge on any atom is -0.568 e. The van der Waals surface area contributed by atoms with Crippen LogP contribution in [0, 0.1) is 19.8 Å². The number of nitrogens with zero attached hydrogens (tertiary/aromatic N) is 3. The summed E-state index contributed by atoms with van der Waals surface area (Å²) in [6.07, 6.45) is 3.89. The molecule has 1 heterocycles. The van der Waals surface area contributed by atoms with Gasteiger partial charge in [0.05, 0.1) is 0 Å². The molecule has 0 aromatic carbocycles. The average molecular weight is 475 g/mol. The van der Waals surface area contributed by atoms with Gasteiger partial charge in [0.25, 0.3) is 0 Å². The molecule has 0 atom stereocenters. The Labute approximate surface area is 88.4 Å². The van der Waals surface area contributed by atoms with Crippen molar-refractivity contribution >= 4 is 6.20 Å². The zero-order chi connectivity index (χ0) is 5.98. The number of hydrogen-bond acceptors (Lipinski definition) is 2. The van der Waals surface area contributed by atoms with Crippen LogP contribution in [0.2, 0.25) is 0 Å². The van der Waals surface area contributed by atoms with Crippen LogP contribution < -0.4 is 0 Å². The van der Waals surface area contributed by atoms with Crippen molar-refractivity contribution in [3.8, 4) is 0 Å². The maximum absolute atomic E-state index is 5.12. The van der Waals surface area contributed by atoms with Crippen LogP contribution in [0.3, 0.4) is 0 Å². The molecule has 0 radical (unpaired) electrons. The molecule has 0 N–H and O–H groups in total. The Hall–Kier alpha value is 0.257. The van der Waals surface area contributed by atoms with Crippen molar-refractivity contribution in [3.63, 3.8) is 0 Å². The van der Waals surface area contributed by atoms with Crippen molar-refractivity contribution in [1.82, 2.24) is 14.8 Å². The molecule has 52 valence electrons. The minimum absolute atomic E-state index is 0. The second kappa shape index (κ2) is 6.00. The zero-order valence-corrected chi connectivity index (χ0v) is 11.2. The summed E-state index contributed by atoms with van der Waals surface area (Å²) >= 11 is 0. The molecule has 5 heteroatoms. The van der Waals surface area contributed by atoms with Gasteiger partial charge in [-0.1, -0.05) is 6.92 Å². The van der Waals surface area contributed by atoms with Crippen molar-refractivity contribution in [2.75, 3.05) is 0 Å². The van der Waals surface area contributed by atoms with Gasteiger partial charge >= 0.3 is 21.1 Å². The van der Waals surface area contributed by atoms with Gasteiger partial charge in [-0.3, -0.25) is 6.20 Å². The maximum Gasteiger partial charge on any atom is 2.00 e. The second-order valence-electron chi connectivity index (χ2n) is 1.37. The van der Waals surface area contributed by atoms with Crippen LogP contribution in [0.25, 0.3) is 6.20 Å². The van der Waals surface area contributed by atoms with Crippen LogP contribution in [0.1, 0.15) is 5.82 Å². The van der Waals surface area contributed by atoms with Gasteiger partial charge in [-0.05, 0) is 0 Å². The van der Waals surface area contributed by atoms with Gasteiger partial charge in [0, 0.05) is 33.2 Å². The largest absolute Gasteiger partial charge is 2.00 e. The first-order valence-corrected chi connectivity index (χ1v) is 2.19. The third-order valence-corrected chi connectivity index (χ3v) is 0.845. The van der Waals surface area contributed by atoms with E-state index >= 15 is 0 Å². The van der Waals surface area contributed by atoms with Crippen molar-refractivity contribution in [1.29, 1.82) is 0 Å². The molecule has 0 fully saturated rings. The Morgan fingerprint density at radius 2 is 2.30 bits per heavy atom. The molecular weight excluding hydrogens is 470 g/mol. The normalized spacial score (nSPS) is 7.30. The third-order valence-electron chi connectivity index (χ3n) is 0.845. The van der Waals surface area contributed by atoms with Gasteiger partial charge in [-0.25, -0.2) is 10.2 Å². The van der Waals surface area contributed by atoms with Crippen LogP contribution in [-0.4, -0.2) is 14.8 Å². The quantitative estimate of drug-likeness (QED) is 0.548. The van der Waals surface area contributed by atoms with Gasteiger partial charge in [-0.15, -0.1) is 0 Å². The molecule has 0 aliphatic heterocycles. The van der Waals surface area contributed by atoms with E-state index in [1.807, 2.05) is 0 Å². The molecule has 10 heavy (non-hydrogen) atoms. The van der Waals surface area contributed by atoms with E-state index in [0.717, 1.165) is 5.82 Å². The van der Waals surface area contributed by atoms with Crippen LogP contribution in [-0.2, 0) is 42.1 Å². The Kier molecular flexibility index (Phi) is 7.73. The SMILES string of the molecule is [CH-]=Cn1[c-]nnc1C.[W+2].[W]. The first kappa shape index (κ1) is 12.9. The molecule has 0 saturated heterocycles. The minimum atomic E-state index is 0. The van der Waals surface area contributed by atoms with Crippen LogP contribution >= 0.6 is 0 Å². The summed E-state index contributed by atoms with van der Waals surface area (Å²) in [6, 6.07) is 0. The molecule has 0 saturated carbocycles. The van der Waals surface area contributed by atoms with E-state index in [2.05, 4.69) is 16.5 Å². The molecule has 3 nitrogen and oxygen atoms in total. The van der Waals surface area contributed by atoms with Crippen LogP contribution in [0.15, 0.2) is 0 Å². The summed E-state index contributed by atoms with van der Waals surface area (Å²) in [6.45, 7) is 6.92. The van der Waals surface area contributed by atoms with Gasteiger partial charge in [0.1, 0.15) is 0 Å². The Morgan fingerprint density at radius 1 is 1.70 bits per heavy atom. The molecule has 1 aromatic heterocycles. The van der Waals surface area contributed by atoms with Gasteiger partial charge < -0.3 is 11.1 Å².